The third-order valence-electron chi connectivity index (χ3n) is 4.92. The topological polar surface area (TPSA) is 40.1 Å². The van der Waals surface area contributed by atoms with E-state index in [1.54, 1.807) is 0 Å². The Kier molecular flexibility index (Phi) is 4.08. The van der Waals surface area contributed by atoms with Crippen molar-refractivity contribution >= 4 is 22.5 Å². The summed E-state index contributed by atoms with van der Waals surface area (Å²) in [6.45, 7) is 4.22. The van der Waals surface area contributed by atoms with Crippen LogP contribution in [0.15, 0.2) is 36.8 Å². The Balaban J connectivity index is 1.82. The zero-order chi connectivity index (χ0) is 16.7. The highest BCUT2D eigenvalue weighted by Crippen LogP contribution is 2.37. The highest BCUT2D eigenvalue weighted by Gasteiger charge is 2.28. The van der Waals surface area contributed by atoms with Crippen LogP contribution in [0.5, 0.6) is 0 Å². The lowest BCUT2D eigenvalue weighted by atomic mass is 9.98. The van der Waals surface area contributed by atoms with Gasteiger partial charge in [0.15, 0.2) is 0 Å². The molecule has 1 fully saturated rings. The molecule has 2 aromatic heterocycles. The van der Waals surface area contributed by atoms with Crippen molar-refractivity contribution < 1.29 is 0 Å². The van der Waals surface area contributed by atoms with Crippen LogP contribution in [0.2, 0.25) is 5.02 Å². The van der Waals surface area contributed by atoms with Crippen LogP contribution in [0.3, 0.4) is 0 Å². The van der Waals surface area contributed by atoms with E-state index in [2.05, 4.69) is 45.4 Å². The van der Waals surface area contributed by atoms with Crippen molar-refractivity contribution in [2.75, 3.05) is 33.2 Å². The van der Waals surface area contributed by atoms with Gasteiger partial charge in [-0.15, -0.1) is 0 Å². The number of piperazine rings is 1. The first kappa shape index (κ1) is 15.7. The number of hydrogen-bond donors (Lipinski definition) is 1. The molecule has 0 saturated carbocycles. The lowest BCUT2D eigenvalue weighted by Crippen LogP contribution is -2.46. The van der Waals surface area contributed by atoms with Gasteiger partial charge in [0.25, 0.3) is 0 Å². The minimum absolute atomic E-state index is 0.168. The van der Waals surface area contributed by atoms with Crippen molar-refractivity contribution in [3.63, 3.8) is 0 Å². The molecular weight excluding hydrogens is 322 g/mol. The van der Waals surface area contributed by atoms with Crippen LogP contribution in [-0.2, 0) is 7.05 Å². The van der Waals surface area contributed by atoms with Crippen molar-refractivity contribution in [3.05, 3.63) is 52.9 Å². The SMILES string of the molecule is CN1CCN(C(c2cnn(C)c2)c2c[nH]c3cccc(Cl)c23)CC1. The van der Waals surface area contributed by atoms with Crippen molar-refractivity contribution in [1.29, 1.82) is 0 Å². The van der Waals surface area contributed by atoms with Crippen LogP contribution in [0.4, 0.5) is 0 Å². The number of nitrogens with one attached hydrogen (secondary N) is 1. The Morgan fingerprint density at radius 1 is 1.17 bits per heavy atom. The van der Waals surface area contributed by atoms with Gasteiger partial charge in [-0.25, -0.2) is 0 Å². The highest BCUT2D eigenvalue weighted by atomic mass is 35.5. The molecule has 24 heavy (non-hydrogen) atoms. The summed E-state index contributed by atoms with van der Waals surface area (Å²) in [7, 11) is 4.14. The van der Waals surface area contributed by atoms with Crippen molar-refractivity contribution in [2.45, 2.75) is 6.04 Å². The Labute approximate surface area is 146 Å². The molecule has 6 heteroatoms. The fourth-order valence-electron chi connectivity index (χ4n) is 3.63. The molecule has 126 valence electrons. The van der Waals surface area contributed by atoms with E-state index >= 15 is 0 Å². The number of halogens is 1. The molecule has 5 nitrogen and oxygen atoms in total. The molecule has 0 aliphatic carbocycles. The monoisotopic (exact) mass is 343 g/mol. The maximum Gasteiger partial charge on any atom is 0.0655 e. The summed E-state index contributed by atoms with van der Waals surface area (Å²) in [5.41, 5.74) is 3.52. The summed E-state index contributed by atoms with van der Waals surface area (Å²) in [5.74, 6) is 0. The number of benzene rings is 1. The summed E-state index contributed by atoms with van der Waals surface area (Å²) in [5, 5.41) is 6.31. The second kappa shape index (κ2) is 6.24. The Hall–Kier alpha value is -1.82. The van der Waals surface area contributed by atoms with Crippen LogP contribution in [0.1, 0.15) is 17.2 Å². The molecule has 1 aliphatic heterocycles. The molecule has 0 radical (unpaired) electrons. The standard InChI is InChI=1S/C18H22ClN5/c1-22-6-8-24(9-7-22)18(13-10-21-23(2)12-13)14-11-20-16-5-3-4-15(19)17(14)16/h3-5,10-12,18,20H,6-9H2,1-2H3. The number of aryl methyl sites for hydroxylation is 1. The average Bonchev–Trinajstić information content (AvgIpc) is 3.18. The molecule has 0 bridgehead atoms. The fourth-order valence-corrected chi connectivity index (χ4v) is 3.91. The van der Waals surface area contributed by atoms with Gasteiger partial charge in [0.05, 0.1) is 17.3 Å². The summed E-state index contributed by atoms with van der Waals surface area (Å²) in [6, 6.07) is 6.20. The van der Waals surface area contributed by atoms with E-state index in [0.29, 0.717) is 0 Å². The Morgan fingerprint density at radius 2 is 1.96 bits per heavy atom. The van der Waals surface area contributed by atoms with E-state index in [9.17, 15) is 0 Å². The van der Waals surface area contributed by atoms with E-state index in [-0.39, 0.29) is 6.04 Å². The zero-order valence-electron chi connectivity index (χ0n) is 14.0. The Bertz CT molecular complexity index is 844. The molecule has 3 heterocycles. The van der Waals surface area contributed by atoms with Gasteiger partial charge < -0.3 is 9.88 Å². The predicted molar refractivity (Wildman–Crippen MR) is 97.4 cm³/mol. The van der Waals surface area contributed by atoms with Crippen molar-refractivity contribution in [3.8, 4) is 0 Å². The molecule has 3 aromatic rings. The number of rotatable bonds is 3. The van der Waals surface area contributed by atoms with Crippen molar-refractivity contribution in [1.82, 2.24) is 24.6 Å². The molecule has 1 saturated heterocycles. The zero-order valence-corrected chi connectivity index (χ0v) is 14.8. The van der Waals surface area contributed by atoms with E-state index < -0.39 is 0 Å². The second-order valence-electron chi connectivity index (χ2n) is 6.60. The van der Waals surface area contributed by atoms with Crippen LogP contribution < -0.4 is 0 Å². The van der Waals surface area contributed by atoms with Gasteiger partial charge in [-0.3, -0.25) is 9.58 Å². The molecule has 4 rings (SSSR count). The number of hydrogen-bond acceptors (Lipinski definition) is 3. The van der Waals surface area contributed by atoms with E-state index in [0.717, 1.165) is 42.1 Å². The van der Waals surface area contributed by atoms with Crippen LogP contribution in [-0.4, -0.2) is 57.8 Å². The predicted octanol–water partition coefficient (Wildman–Crippen LogP) is 2.89. The summed E-state index contributed by atoms with van der Waals surface area (Å²) in [4.78, 5) is 8.29. The van der Waals surface area contributed by atoms with Gasteiger partial charge in [0.1, 0.15) is 0 Å². The number of aromatic amines is 1. The lowest BCUT2D eigenvalue weighted by molar-refractivity contribution is 0.128. The van der Waals surface area contributed by atoms with Gasteiger partial charge in [0.2, 0.25) is 0 Å². The summed E-state index contributed by atoms with van der Waals surface area (Å²) in [6.07, 6.45) is 6.18. The van der Waals surface area contributed by atoms with E-state index in [1.165, 1.54) is 11.1 Å². The quantitative estimate of drug-likeness (QED) is 0.795. The van der Waals surface area contributed by atoms with Gasteiger partial charge >= 0.3 is 0 Å². The van der Waals surface area contributed by atoms with Crippen LogP contribution in [0, 0.1) is 0 Å². The maximum absolute atomic E-state index is 6.53. The molecule has 1 unspecified atom stereocenters. The Morgan fingerprint density at radius 3 is 2.67 bits per heavy atom. The molecule has 1 aliphatic rings. The molecule has 0 spiro atoms. The highest BCUT2D eigenvalue weighted by molar-refractivity contribution is 6.35. The largest absolute Gasteiger partial charge is 0.361 e. The first-order valence-corrected chi connectivity index (χ1v) is 8.68. The first-order chi connectivity index (χ1) is 11.6. The normalized spacial score (nSPS) is 18.3. The van der Waals surface area contributed by atoms with Gasteiger partial charge in [-0.2, -0.15) is 5.10 Å². The van der Waals surface area contributed by atoms with Gasteiger partial charge in [0, 0.05) is 67.7 Å². The number of nitrogens with zero attached hydrogens (tertiary/aromatic N) is 4. The maximum atomic E-state index is 6.53. The van der Waals surface area contributed by atoms with Crippen LogP contribution in [0.25, 0.3) is 10.9 Å². The van der Waals surface area contributed by atoms with Crippen LogP contribution >= 0.6 is 11.6 Å². The first-order valence-electron chi connectivity index (χ1n) is 8.30. The van der Waals surface area contributed by atoms with E-state index in [1.807, 2.05) is 30.1 Å². The minimum atomic E-state index is 0.168. The average molecular weight is 344 g/mol. The minimum Gasteiger partial charge on any atom is -0.361 e. The lowest BCUT2D eigenvalue weighted by Gasteiger charge is -2.37. The molecule has 0 amide bonds. The summed E-state index contributed by atoms with van der Waals surface area (Å²) >= 11 is 6.53. The van der Waals surface area contributed by atoms with E-state index in [4.69, 9.17) is 11.6 Å². The smallest absolute Gasteiger partial charge is 0.0655 e. The van der Waals surface area contributed by atoms with Crippen molar-refractivity contribution in [2.24, 2.45) is 7.05 Å². The molecular formula is C18H22ClN5. The number of aromatic nitrogens is 3. The summed E-state index contributed by atoms with van der Waals surface area (Å²) < 4.78 is 1.87. The number of H-pyrrole nitrogens is 1. The molecule has 1 atom stereocenters. The number of likely N-dealkylation sites (N-methyl/N-ethyl adjacent to an activating group) is 1. The second-order valence-corrected chi connectivity index (χ2v) is 7.00. The third-order valence-corrected chi connectivity index (χ3v) is 5.24. The van der Waals surface area contributed by atoms with Gasteiger partial charge in [-0.05, 0) is 19.2 Å². The van der Waals surface area contributed by atoms with Gasteiger partial charge in [-0.1, -0.05) is 17.7 Å². The third kappa shape index (κ3) is 2.73. The molecule has 1 N–H and O–H groups in total. The molecule has 1 aromatic carbocycles. The number of fused-ring (bicyclic) bond motifs is 1. The fraction of sp³-hybridized carbons (Fsp3) is 0.389.